The first-order valence-electron chi connectivity index (χ1n) is 11.3. The molecule has 0 spiro atoms. The predicted octanol–water partition coefficient (Wildman–Crippen LogP) is 6.87. The van der Waals surface area contributed by atoms with Crippen molar-refractivity contribution in [3.8, 4) is 28.4 Å². The van der Waals surface area contributed by atoms with Gasteiger partial charge in [0.15, 0.2) is 5.82 Å². The molecule has 0 radical (unpaired) electrons. The summed E-state index contributed by atoms with van der Waals surface area (Å²) in [5.41, 5.74) is 1.75. The van der Waals surface area contributed by atoms with Crippen molar-refractivity contribution in [1.29, 1.82) is 0 Å². The van der Waals surface area contributed by atoms with Crippen molar-refractivity contribution in [2.75, 3.05) is 5.32 Å². The van der Waals surface area contributed by atoms with Crippen LogP contribution in [0.2, 0.25) is 0 Å². The molecule has 4 aromatic rings. The van der Waals surface area contributed by atoms with Crippen LogP contribution in [0.4, 0.5) is 23.2 Å². The second-order valence-electron chi connectivity index (χ2n) is 8.09. The number of aryl methyl sites for hydroxylation is 1. The maximum absolute atomic E-state index is 14.0. The first-order valence-corrected chi connectivity index (χ1v) is 11.3. The standard InChI is InChI=1S/C27H22F4N4O2/c1-3-27(30,31)18-7-6-8-19(14-18)35-25(36)21-15-33-24(34-16(21)2)17-10-11-23(37-26(28)29)20(13-17)22-9-4-5-12-32-22/h4-15,26H,3H2,1-2H3,(H,35,36). The number of nitrogens with one attached hydrogen (secondary N) is 1. The van der Waals surface area contributed by atoms with E-state index in [1.54, 1.807) is 31.2 Å². The Hall–Kier alpha value is -4.34. The summed E-state index contributed by atoms with van der Waals surface area (Å²) in [7, 11) is 0. The van der Waals surface area contributed by atoms with Gasteiger partial charge in [-0.1, -0.05) is 25.1 Å². The number of carbonyl (C=O) groups excluding carboxylic acids is 1. The Morgan fingerprint density at radius 2 is 1.86 bits per heavy atom. The molecule has 0 saturated heterocycles. The molecule has 1 amide bonds. The number of pyridine rings is 1. The molecule has 0 fully saturated rings. The quantitative estimate of drug-likeness (QED) is 0.262. The largest absolute Gasteiger partial charge is 0.434 e. The average Bonchev–Trinajstić information content (AvgIpc) is 2.89. The number of hydrogen-bond donors (Lipinski definition) is 1. The van der Waals surface area contributed by atoms with E-state index < -0.39 is 18.4 Å². The summed E-state index contributed by atoms with van der Waals surface area (Å²) < 4.78 is 58.6. The number of alkyl halides is 4. The van der Waals surface area contributed by atoms with Crippen molar-refractivity contribution in [1.82, 2.24) is 15.0 Å². The van der Waals surface area contributed by atoms with Gasteiger partial charge >= 0.3 is 6.61 Å². The third-order valence-corrected chi connectivity index (χ3v) is 5.61. The number of hydrogen-bond acceptors (Lipinski definition) is 5. The Kier molecular flexibility index (Phi) is 7.47. The molecule has 2 heterocycles. The highest BCUT2D eigenvalue weighted by atomic mass is 19.3. The fourth-order valence-corrected chi connectivity index (χ4v) is 3.65. The summed E-state index contributed by atoms with van der Waals surface area (Å²) in [6.45, 7) is -0.0273. The van der Waals surface area contributed by atoms with Crippen molar-refractivity contribution in [2.24, 2.45) is 0 Å². The first-order chi connectivity index (χ1) is 17.7. The minimum absolute atomic E-state index is 0.0546. The Bertz CT molecular complexity index is 1410. The normalized spacial score (nSPS) is 11.4. The van der Waals surface area contributed by atoms with Gasteiger partial charge in [-0.25, -0.2) is 18.7 Å². The molecule has 0 aliphatic carbocycles. The molecule has 0 atom stereocenters. The topological polar surface area (TPSA) is 77.0 Å². The minimum atomic E-state index is -3.02. The van der Waals surface area contributed by atoms with E-state index in [0.29, 0.717) is 22.5 Å². The fraction of sp³-hybridized carbons (Fsp3) is 0.185. The summed E-state index contributed by atoms with van der Waals surface area (Å²) in [6.07, 6.45) is 2.49. The van der Waals surface area contributed by atoms with E-state index in [9.17, 15) is 22.4 Å². The van der Waals surface area contributed by atoms with Gasteiger partial charge in [-0.15, -0.1) is 0 Å². The van der Waals surface area contributed by atoms with Crippen LogP contribution in [-0.2, 0) is 5.92 Å². The van der Waals surface area contributed by atoms with E-state index in [-0.39, 0.29) is 34.8 Å². The zero-order chi connectivity index (χ0) is 26.6. The lowest BCUT2D eigenvalue weighted by Gasteiger charge is -2.16. The third kappa shape index (κ3) is 5.91. The van der Waals surface area contributed by atoms with Crippen LogP contribution < -0.4 is 10.1 Å². The van der Waals surface area contributed by atoms with Gasteiger partial charge in [0.1, 0.15) is 5.75 Å². The maximum Gasteiger partial charge on any atom is 0.387 e. The summed E-state index contributed by atoms with van der Waals surface area (Å²) in [6, 6.07) is 15.0. The lowest BCUT2D eigenvalue weighted by molar-refractivity contribution is -0.0494. The highest BCUT2D eigenvalue weighted by Gasteiger charge is 2.29. The van der Waals surface area contributed by atoms with Gasteiger partial charge in [-0.3, -0.25) is 9.78 Å². The number of amides is 1. The van der Waals surface area contributed by atoms with Crippen LogP contribution in [0, 0.1) is 6.92 Å². The average molecular weight is 510 g/mol. The Balaban J connectivity index is 1.61. The van der Waals surface area contributed by atoms with Crippen LogP contribution >= 0.6 is 0 Å². The Morgan fingerprint density at radius 1 is 1.05 bits per heavy atom. The van der Waals surface area contributed by atoms with Crippen molar-refractivity contribution in [3.63, 3.8) is 0 Å². The van der Waals surface area contributed by atoms with Crippen molar-refractivity contribution >= 4 is 11.6 Å². The molecule has 10 heteroatoms. The molecule has 2 aromatic heterocycles. The molecular weight excluding hydrogens is 488 g/mol. The number of ether oxygens (including phenoxy) is 1. The number of nitrogens with zero attached hydrogens (tertiary/aromatic N) is 3. The predicted molar refractivity (Wildman–Crippen MR) is 131 cm³/mol. The summed E-state index contributed by atoms with van der Waals surface area (Å²) in [5.74, 6) is -3.37. The minimum Gasteiger partial charge on any atom is -0.434 e. The van der Waals surface area contributed by atoms with E-state index in [0.717, 1.165) is 0 Å². The van der Waals surface area contributed by atoms with E-state index in [1.165, 1.54) is 55.7 Å². The first kappa shape index (κ1) is 25.7. The molecule has 0 aliphatic heterocycles. The zero-order valence-corrected chi connectivity index (χ0v) is 19.9. The molecule has 2 aromatic carbocycles. The van der Waals surface area contributed by atoms with Gasteiger partial charge in [0, 0.05) is 41.2 Å². The summed E-state index contributed by atoms with van der Waals surface area (Å²) >= 11 is 0. The maximum atomic E-state index is 14.0. The molecule has 0 saturated carbocycles. The van der Waals surface area contributed by atoms with E-state index in [1.807, 2.05) is 0 Å². The fourth-order valence-electron chi connectivity index (χ4n) is 3.65. The monoisotopic (exact) mass is 510 g/mol. The second-order valence-corrected chi connectivity index (χ2v) is 8.09. The lowest BCUT2D eigenvalue weighted by Crippen LogP contribution is -2.16. The van der Waals surface area contributed by atoms with Crippen LogP contribution in [0.1, 0.15) is 35.0 Å². The van der Waals surface area contributed by atoms with Crippen LogP contribution in [0.15, 0.2) is 73.1 Å². The highest BCUT2D eigenvalue weighted by molar-refractivity contribution is 6.04. The van der Waals surface area contributed by atoms with E-state index in [4.69, 9.17) is 0 Å². The van der Waals surface area contributed by atoms with Gasteiger partial charge in [-0.2, -0.15) is 8.78 Å². The molecule has 4 rings (SSSR count). The number of halogens is 4. The molecule has 0 unspecified atom stereocenters. The van der Waals surface area contributed by atoms with E-state index in [2.05, 4.69) is 25.0 Å². The van der Waals surface area contributed by atoms with E-state index >= 15 is 0 Å². The van der Waals surface area contributed by atoms with Crippen molar-refractivity contribution < 1.29 is 27.1 Å². The zero-order valence-electron chi connectivity index (χ0n) is 19.9. The smallest absolute Gasteiger partial charge is 0.387 e. The van der Waals surface area contributed by atoms with Crippen molar-refractivity contribution in [2.45, 2.75) is 32.8 Å². The lowest BCUT2D eigenvalue weighted by atomic mass is 10.0. The van der Waals surface area contributed by atoms with Gasteiger partial charge in [0.05, 0.1) is 17.0 Å². The molecule has 0 bridgehead atoms. The van der Waals surface area contributed by atoms with Crippen LogP contribution in [-0.4, -0.2) is 27.5 Å². The molecule has 190 valence electrons. The number of carbonyl (C=O) groups is 1. The number of rotatable bonds is 8. The van der Waals surface area contributed by atoms with Gasteiger partial charge in [0.2, 0.25) is 0 Å². The molecule has 6 nitrogen and oxygen atoms in total. The number of anilines is 1. The van der Waals surface area contributed by atoms with Crippen LogP contribution in [0.25, 0.3) is 22.6 Å². The van der Waals surface area contributed by atoms with Crippen LogP contribution in [0.3, 0.4) is 0 Å². The van der Waals surface area contributed by atoms with Gasteiger partial charge in [-0.05, 0) is 49.4 Å². The second kappa shape index (κ2) is 10.7. The number of aromatic nitrogens is 3. The molecule has 1 N–H and O–H groups in total. The summed E-state index contributed by atoms with van der Waals surface area (Å²) in [5, 5.41) is 2.60. The van der Waals surface area contributed by atoms with Gasteiger partial charge in [0.25, 0.3) is 11.8 Å². The number of benzene rings is 2. The molecular formula is C27H22F4N4O2. The molecule has 37 heavy (non-hydrogen) atoms. The highest BCUT2D eigenvalue weighted by Crippen LogP contribution is 2.34. The molecule has 0 aliphatic rings. The Morgan fingerprint density at radius 3 is 2.54 bits per heavy atom. The third-order valence-electron chi connectivity index (χ3n) is 5.61. The Labute approximate surface area is 210 Å². The van der Waals surface area contributed by atoms with Crippen LogP contribution in [0.5, 0.6) is 5.75 Å². The SMILES string of the molecule is CCC(F)(F)c1cccc(NC(=O)c2cnc(-c3ccc(OC(F)F)c(-c4ccccn4)c3)nc2C)c1. The summed E-state index contributed by atoms with van der Waals surface area (Å²) in [4.78, 5) is 25.7. The van der Waals surface area contributed by atoms with Crippen molar-refractivity contribution in [3.05, 3.63) is 89.9 Å². The van der Waals surface area contributed by atoms with Gasteiger partial charge < -0.3 is 10.1 Å².